The molecule has 2 fully saturated rings. The van der Waals surface area contributed by atoms with Gasteiger partial charge in [0.1, 0.15) is 61.5 Å². The lowest BCUT2D eigenvalue weighted by Crippen LogP contribution is -2.51. The number of aliphatic hydroxyl groups is 2. The van der Waals surface area contributed by atoms with Crippen molar-refractivity contribution in [1.29, 1.82) is 0 Å². The summed E-state index contributed by atoms with van der Waals surface area (Å²) in [6, 6.07) is 9.67. The third-order valence-electron chi connectivity index (χ3n) is 11.7. The van der Waals surface area contributed by atoms with Crippen LogP contribution < -0.4 is 19.3 Å². The minimum atomic E-state index is -1.40. The summed E-state index contributed by atoms with van der Waals surface area (Å²) in [6.07, 6.45) is -2.39. The number of anilines is 2. The third-order valence-corrected chi connectivity index (χ3v) is 15.1. The molecule has 2 N–H and O–H groups in total. The van der Waals surface area contributed by atoms with E-state index < -0.39 is 76.3 Å². The summed E-state index contributed by atoms with van der Waals surface area (Å²) >= 11 is 0. The number of aliphatic hydroxyl groups excluding tert-OH is 2. The van der Waals surface area contributed by atoms with Gasteiger partial charge >= 0.3 is 0 Å². The molecule has 18 heteroatoms. The highest BCUT2D eigenvalue weighted by Gasteiger charge is 2.54. The normalized spacial score (nSPS) is 24.1. The number of nitrogens with zero attached hydrogens (tertiary/aromatic N) is 4. The van der Waals surface area contributed by atoms with Crippen molar-refractivity contribution in [3.63, 3.8) is 0 Å². The van der Waals surface area contributed by atoms with Gasteiger partial charge in [-0.25, -0.2) is 0 Å². The Hall–Kier alpha value is -3.89. The number of hydrogen-bond donors (Lipinski definition) is 2. The first-order chi connectivity index (χ1) is 28.9. The van der Waals surface area contributed by atoms with E-state index in [4.69, 9.17) is 28.4 Å². The van der Waals surface area contributed by atoms with Gasteiger partial charge in [-0.15, -0.1) is 0 Å². The molecular weight excluding hydrogens is 821 g/mol. The molecule has 4 aliphatic rings. The smallest absolute Gasteiger partial charge is 0.256 e. The summed E-state index contributed by atoms with van der Waals surface area (Å²) in [6.45, 7) is 14.6. The third kappa shape index (κ3) is 10.7. The molecule has 0 saturated carbocycles. The topological polar surface area (TPSA) is 177 Å². The molecule has 336 valence electrons. The first kappa shape index (κ1) is 46.6. The molecule has 0 bridgehead atoms. The van der Waals surface area contributed by atoms with E-state index in [0.717, 1.165) is 12.1 Å². The fourth-order valence-electron chi connectivity index (χ4n) is 8.10. The van der Waals surface area contributed by atoms with Crippen molar-refractivity contribution in [2.75, 3.05) is 77.0 Å². The van der Waals surface area contributed by atoms with Crippen molar-refractivity contribution in [3.05, 3.63) is 47.5 Å². The first-order valence-electron chi connectivity index (χ1n) is 21.3. The lowest BCUT2D eigenvalue weighted by Gasteiger charge is -2.29. The molecule has 16 nitrogen and oxygen atoms in total. The maximum atomic E-state index is 14.3. The van der Waals surface area contributed by atoms with Crippen LogP contribution >= 0.6 is 0 Å². The van der Waals surface area contributed by atoms with Gasteiger partial charge < -0.3 is 48.4 Å². The van der Waals surface area contributed by atoms with E-state index in [0.29, 0.717) is 55.4 Å². The lowest BCUT2D eigenvalue weighted by atomic mass is 10.1. The van der Waals surface area contributed by atoms with E-state index in [2.05, 4.69) is 39.3 Å². The second-order valence-electron chi connectivity index (χ2n) is 18.7. The van der Waals surface area contributed by atoms with Gasteiger partial charge in [0.05, 0.1) is 49.8 Å². The summed E-state index contributed by atoms with van der Waals surface area (Å²) in [4.78, 5) is 62.2. The van der Waals surface area contributed by atoms with Gasteiger partial charge in [0.25, 0.3) is 23.6 Å². The molecule has 2 aromatic rings. The Kier molecular flexibility index (Phi) is 15.0. The molecule has 4 aliphatic heterocycles. The SMILES string of the molecule is COc1ccc2c(c1)C(=O)N1CC(O)C(OCCCCCOC3[C@H](O)CN4C(=O)c5cc(OC)ccc5N(COCC[Si](C)(C)C)C(=O)[C@H]34)C1C(=O)N2COCC[Si](C)(C)C. The maximum Gasteiger partial charge on any atom is 0.256 e. The maximum absolute atomic E-state index is 14.3. The predicted molar refractivity (Wildman–Crippen MR) is 234 cm³/mol. The minimum Gasteiger partial charge on any atom is -0.497 e. The van der Waals surface area contributed by atoms with Gasteiger partial charge in [-0.05, 0) is 67.7 Å². The van der Waals surface area contributed by atoms with Crippen molar-refractivity contribution in [3.8, 4) is 11.5 Å². The van der Waals surface area contributed by atoms with Crippen LogP contribution in [-0.4, -0.2) is 163 Å². The Morgan fingerprint density at radius 3 is 1.34 bits per heavy atom. The highest BCUT2D eigenvalue weighted by Crippen LogP contribution is 2.38. The summed E-state index contributed by atoms with van der Waals surface area (Å²) in [5.41, 5.74) is 1.40. The molecule has 4 heterocycles. The van der Waals surface area contributed by atoms with Gasteiger partial charge in [-0.3, -0.25) is 29.0 Å². The van der Waals surface area contributed by atoms with Crippen LogP contribution in [0, 0.1) is 0 Å². The van der Waals surface area contributed by atoms with Gasteiger partial charge in [0.15, 0.2) is 0 Å². The van der Waals surface area contributed by atoms with E-state index in [1.54, 1.807) is 36.4 Å². The van der Waals surface area contributed by atoms with Crippen molar-refractivity contribution in [2.45, 2.75) is 107 Å². The Bertz CT molecular complexity index is 1770. The fraction of sp³-hybridized carbons (Fsp3) is 0.628. The summed E-state index contributed by atoms with van der Waals surface area (Å²) in [7, 11) is 0.214. The molecule has 2 saturated heterocycles. The number of ether oxygens (including phenoxy) is 6. The monoisotopic (exact) mass is 884 g/mol. The van der Waals surface area contributed by atoms with Crippen LogP contribution in [0.3, 0.4) is 0 Å². The van der Waals surface area contributed by atoms with Gasteiger partial charge in [0, 0.05) is 42.6 Å². The molecule has 0 spiro atoms. The summed E-state index contributed by atoms with van der Waals surface area (Å²) in [5.74, 6) is -0.655. The molecular formula is C43H64N4O12Si2. The molecule has 2 aromatic carbocycles. The van der Waals surface area contributed by atoms with Crippen LogP contribution in [-0.2, 0) is 28.5 Å². The molecule has 61 heavy (non-hydrogen) atoms. The number of hydrogen-bond acceptors (Lipinski definition) is 12. The number of carbonyl (C=O) groups excluding carboxylic acids is 4. The molecule has 4 unspecified atom stereocenters. The largest absolute Gasteiger partial charge is 0.497 e. The van der Waals surface area contributed by atoms with Gasteiger partial charge in [0.2, 0.25) is 0 Å². The Labute approximate surface area is 360 Å². The van der Waals surface area contributed by atoms with Crippen LogP contribution in [0.15, 0.2) is 36.4 Å². The van der Waals surface area contributed by atoms with E-state index in [9.17, 15) is 29.4 Å². The zero-order valence-corrected chi connectivity index (χ0v) is 38.9. The number of amides is 4. The van der Waals surface area contributed by atoms with Crippen LogP contribution in [0.4, 0.5) is 11.4 Å². The Balaban J connectivity index is 1.06. The molecule has 0 aromatic heterocycles. The minimum absolute atomic E-state index is 0.0522. The number of unbranched alkanes of at least 4 members (excludes halogenated alkanes) is 2. The average molecular weight is 885 g/mol. The molecule has 6 atom stereocenters. The van der Waals surface area contributed by atoms with Gasteiger partial charge in [-0.1, -0.05) is 39.3 Å². The highest BCUT2D eigenvalue weighted by molar-refractivity contribution is 6.76. The number of benzene rings is 2. The van der Waals surface area contributed by atoms with Crippen molar-refractivity contribution < 1.29 is 57.8 Å². The van der Waals surface area contributed by atoms with Gasteiger partial charge in [-0.2, -0.15) is 0 Å². The zero-order chi connectivity index (χ0) is 44.2. The zero-order valence-electron chi connectivity index (χ0n) is 36.9. The second-order valence-corrected chi connectivity index (χ2v) is 29.9. The molecule has 6 rings (SSSR count). The molecule has 0 radical (unpaired) electrons. The summed E-state index contributed by atoms with van der Waals surface area (Å²) < 4.78 is 35.2. The predicted octanol–water partition coefficient (Wildman–Crippen LogP) is 4.03. The number of fused-ring (bicyclic) bond motifs is 4. The molecule has 0 aliphatic carbocycles. The number of methoxy groups -OCH3 is 2. The van der Waals surface area contributed by atoms with Crippen molar-refractivity contribution in [2.24, 2.45) is 0 Å². The Morgan fingerprint density at radius 2 is 0.984 bits per heavy atom. The fourth-order valence-corrected chi connectivity index (χ4v) is 9.62. The second kappa shape index (κ2) is 19.7. The van der Waals surface area contributed by atoms with E-state index >= 15 is 0 Å². The van der Waals surface area contributed by atoms with Crippen LogP contribution in [0.2, 0.25) is 51.4 Å². The van der Waals surface area contributed by atoms with E-state index in [1.165, 1.54) is 33.8 Å². The van der Waals surface area contributed by atoms with E-state index in [-0.39, 0.29) is 50.9 Å². The van der Waals surface area contributed by atoms with Crippen LogP contribution in [0.25, 0.3) is 0 Å². The quantitative estimate of drug-likeness (QED) is 0.145. The standard InChI is InChI=1S/C43H64N4O12Si2/c1-54-28-12-14-32-30(22-28)40(50)44-24-34(48)38(36(44)42(52)46(32)26-56-18-20-60(3,4)5)58-16-10-9-11-17-59-39-35(49)25-45-37(39)43(53)47(27-57-19-21-61(6,7)8)33-15-13-29(55-2)23-31(33)41(45)51/h12-15,22-23,34-39,48-49H,9-11,16-21,24-27H2,1-8H3/t34-,35?,36+,37?,38?,39?/m1/s1. The number of carbonyl (C=O) groups is 4. The first-order valence-corrected chi connectivity index (χ1v) is 28.7. The van der Waals surface area contributed by atoms with Crippen molar-refractivity contribution >= 4 is 51.2 Å². The average Bonchev–Trinajstić information content (AvgIpc) is 3.68. The van der Waals surface area contributed by atoms with Crippen LogP contribution in [0.5, 0.6) is 11.5 Å². The Morgan fingerprint density at radius 1 is 0.590 bits per heavy atom. The van der Waals surface area contributed by atoms with Crippen molar-refractivity contribution in [1.82, 2.24) is 9.80 Å². The summed E-state index contributed by atoms with van der Waals surface area (Å²) in [5, 5.41) is 22.3. The highest BCUT2D eigenvalue weighted by atomic mass is 28.3. The van der Waals surface area contributed by atoms with Crippen LogP contribution in [0.1, 0.15) is 40.0 Å². The number of rotatable bonds is 20. The molecule has 4 amide bonds. The lowest BCUT2D eigenvalue weighted by molar-refractivity contribution is -0.128. The van der Waals surface area contributed by atoms with E-state index in [1.807, 2.05) is 0 Å².